The van der Waals surface area contributed by atoms with E-state index in [1.807, 2.05) is 0 Å². The standard InChI is InChI=1S/C19H17FN2O5/c1-25-15-7-11(8-16(26-2)18(15)27-3)22-19(24)17(23)13-9-21-14-5-4-10(20)6-12(13)14/h4-9,21H,1-3H3,(H,22,24). The Labute approximate surface area is 154 Å². The molecule has 27 heavy (non-hydrogen) atoms. The van der Waals surface area contributed by atoms with Crippen LogP contribution in [0.1, 0.15) is 10.4 Å². The molecule has 140 valence electrons. The van der Waals surface area contributed by atoms with Gasteiger partial charge in [-0.05, 0) is 18.2 Å². The number of aromatic nitrogens is 1. The first-order chi connectivity index (χ1) is 13.0. The van der Waals surface area contributed by atoms with Crippen LogP contribution >= 0.6 is 0 Å². The minimum Gasteiger partial charge on any atom is -0.493 e. The molecule has 0 aliphatic heterocycles. The average molecular weight is 372 g/mol. The number of Topliss-reactive ketones (excluding diaryl/α,β-unsaturated/α-hetero) is 1. The van der Waals surface area contributed by atoms with Crippen molar-refractivity contribution in [1.29, 1.82) is 0 Å². The van der Waals surface area contributed by atoms with Crippen LogP contribution in [0.3, 0.4) is 0 Å². The molecule has 3 rings (SSSR count). The van der Waals surface area contributed by atoms with E-state index in [2.05, 4.69) is 10.3 Å². The SMILES string of the molecule is COc1cc(NC(=O)C(=O)c2c[nH]c3ccc(F)cc23)cc(OC)c1OC. The van der Waals surface area contributed by atoms with Crippen LogP contribution in [0.15, 0.2) is 36.5 Å². The summed E-state index contributed by atoms with van der Waals surface area (Å²) in [4.78, 5) is 27.8. The average Bonchev–Trinajstić information content (AvgIpc) is 3.09. The summed E-state index contributed by atoms with van der Waals surface area (Å²) < 4.78 is 29.1. The monoisotopic (exact) mass is 372 g/mol. The number of fused-ring (bicyclic) bond motifs is 1. The van der Waals surface area contributed by atoms with Crippen molar-refractivity contribution < 1.29 is 28.2 Å². The number of rotatable bonds is 6. The predicted octanol–water partition coefficient (Wildman–Crippen LogP) is 3.15. The van der Waals surface area contributed by atoms with Gasteiger partial charge in [-0.2, -0.15) is 0 Å². The van der Waals surface area contributed by atoms with E-state index in [9.17, 15) is 14.0 Å². The number of amides is 1. The Morgan fingerprint density at radius 3 is 2.26 bits per heavy atom. The number of carbonyl (C=O) groups excluding carboxylic acids is 2. The molecule has 0 unspecified atom stereocenters. The van der Waals surface area contributed by atoms with Gasteiger partial charge >= 0.3 is 0 Å². The van der Waals surface area contributed by atoms with Gasteiger partial charge in [0.1, 0.15) is 5.82 Å². The number of anilines is 1. The number of aromatic amines is 1. The Morgan fingerprint density at radius 2 is 1.67 bits per heavy atom. The normalized spacial score (nSPS) is 10.5. The van der Waals surface area contributed by atoms with Crippen LogP contribution in [0.2, 0.25) is 0 Å². The summed E-state index contributed by atoms with van der Waals surface area (Å²) >= 11 is 0. The first-order valence-corrected chi connectivity index (χ1v) is 7.90. The molecule has 2 aromatic carbocycles. The van der Waals surface area contributed by atoms with E-state index in [0.29, 0.717) is 28.2 Å². The van der Waals surface area contributed by atoms with Crippen molar-refractivity contribution in [3.05, 3.63) is 47.9 Å². The zero-order valence-electron chi connectivity index (χ0n) is 14.9. The molecule has 1 amide bonds. The molecule has 0 radical (unpaired) electrons. The van der Waals surface area contributed by atoms with Gasteiger partial charge in [0.25, 0.3) is 11.7 Å². The lowest BCUT2D eigenvalue weighted by Crippen LogP contribution is -2.22. The molecule has 1 heterocycles. The van der Waals surface area contributed by atoms with E-state index in [1.165, 1.54) is 57.9 Å². The number of carbonyl (C=O) groups is 2. The molecule has 0 fully saturated rings. The van der Waals surface area contributed by atoms with E-state index in [-0.39, 0.29) is 11.3 Å². The van der Waals surface area contributed by atoms with Gasteiger partial charge in [0.05, 0.1) is 26.9 Å². The first-order valence-electron chi connectivity index (χ1n) is 7.90. The van der Waals surface area contributed by atoms with Gasteiger partial charge in [0, 0.05) is 34.9 Å². The lowest BCUT2D eigenvalue weighted by molar-refractivity contribution is -0.112. The molecular formula is C19H17FN2O5. The Kier molecular flexibility index (Phi) is 4.98. The third-order valence-electron chi connectivity index (χ3n) is 4.02. The fourth-order valence-corrected chi connectivity index (χ4v) is 2.74. The molecule has 1 aromatic heterocycles. The molecule has 2 N–H and O–H groups in total. The number of hydrogen-bond donors (Lipinski definition) is 2. The highest BCUT2D eigenvalue weighted by atomic mass is 19.1. The van der Waals surface area contributed by atoms with Crippen molar-refractivity contribution in [2.75, 3.05) is 26.6 Å². The predicted molar refractivity (Wildman–Crippen MR) is 97.3 cm³/mol. The Balaban J connectivity index is 1.90. The zero-order valence-corrected chi connectivity index (χ0v) is 14.9. The molecule has 0 aliphatic carbocycles. The minimum atomic E-state index is -0.880. The van der Waals surface area contributed by atoms with Crippen molar-refractivity contribution in [2.45, 2.75) is 0 Å². The maximum Gasteiger partial charge on any atom is 0.296 e. The van der Waals surface area contributed by atoms with Crippen LogP contribution in [0.4, 0.5) is 10.1 Å². The van der Waals surface area contributed by atoms with Crippen LogP contribution in [0.25, 0.3) is 10.9 Å². The number of methoxy groups -OCH3 is 3. The van der Waals surface area contributed by atoms with E-state index in [4.69, 9.17) is 14.2 Å². The number of ketones is 1. The lowest BCUT2D eigenvalue weighted by atomic mass is 10.1. The van der Waals surface area contributed by atoms with E-state index < -0.39 is 17.5 Å². The van der Waals surface area contributed by atoms with Crippen molar-refractivity contribution in [3.63, 3.8) is 0 Å². The Morgan fingerprint density at radius 1 is 1.00 bits per heavy atom. The van der Waals surface area contributed by atoms with Crippen LogP contribution in [-0.4, -0.2) is 38.0 Å². The maximum atomic E-state index is 13.5. The Bertz CT molecular complexity index is 1000. The van der Waals surface area contributed by atoms with Gasteiger partial charge in [-0.15, -0.1) is 0 Å². The highest BCUT2D eigenvalue weighted by molar-refractivity contribution is 6.48. The fourth-order valence-electron chi connectivity index (χ4n) is 2.74. The minimum absolute atomic E-state index is 0.0782. The zero-order chi connectivity index (χ0) is 19.6. The molecule has 0 saturated heterocycles. The van der Waals surface area contributed by atoms with E-state index >= 15 is 0 Å². The number of benzene rings is 2. The molecule has 8 heteroatoms. The van der Waals surface area contributed by atoms with Crippen LogP contribution in [-0.2, 0) is 4.79 Å². The smallest absolute Gasteiger partial charge is 0.296 e. The molecule has 0 aliphatic rings. The van der Waals surface area contributed by atoms with Gasteiger partial charge in [-0.3, -0.25) is 9.59 Å². The first kappa shape index (κ1) is 18.2. The van der Waals surface area contributed by atoms with Crippen LogP contribution in [0, 0.1) is 5.82 Å². The highest BCUT2D eigenvalue weighted by Crippen LogP contribution is 2.40. The third-order valence-corrected chi connectivity index (χ3v) is 4.02. The van der Waals surface area contributed by atoms with Crippen LogP contribution < -0.4 is 19.5 Å². The van der Waals surface area contributed by atoms with E-state index in [0.717, 1.165) is 0 Å². The van der Waals surface area contributed by atoms with Gasteiger partial charge in [-0.25, -0.2) is 4.39 Å². The van der Waals surface area contributed by atoms with Crippen molar-refractivity contribution >= 4 is 28.3 Å². The molecule has 0 atom stereocenters. The van der Waals surface area contributed by atoms with Gasteiger partial charge in [-0.1, -0.05) is 0 Å². The Hall–Kier alpha value is -3.55. The van der Waals surface area contributed by atoms with Gasteiger partial charge < -0.3 is 24.5 Å². The summed E-state index contributed by atoms with van der Waals surface area (Å²) in [6, 6.07) is 6.97. The number of H-pyrrole nitrogens is 1. The largest absolute Gasteiger partial charge is 0.493 e. The second kappa shape index (κ2) is 7.36. The molecule has 0 saturated carbocycles. The summed E-state index contributed by atoms with van der Waals surface area (Å²) in [5.41, 5.74) is 0.920. The molecule has 3 aromatic rings. The number of nitrogens with one attached hydrogen (secondary N) is 2. The summed E-state index contributed by atoms with van der Waals surface area (Å²) in [6.07, 6.45) is 1.38. The molecule has 0 bridgehead atoms. The molecule has 7 nitrogen and oxygen atoms in total. The third kappa shape index (κ3) is 3.41. The summed E-state index contributed by atoms with van der Waals surface area (Å²) in [5, 5.41) is 2.83. The second-order valence-corrected chi connectivity index (χ2v) is 5.59. The summed E-state index contributed by atoms with van der Waals surface area (Å²) in [7, 11) is 4.33. The van der Waals surface area contributed by atoms with Gasteiger partial charge in [0.15, 0.2) is 11.5 Å². The van der Waals surface area contributed by atoms with Crippen molar-refractivity contribution in [1.82, 2.24) is 4.98 Å². The number of hydrogen-bond acceptors (Lipinski definition) is 5. The summed E-state index contributed by atoms with van der Waals surface area (Å²) in [5.74, 6) is -1.17. The van der Waals surface area contributed by atoms with Crippen LogP contribution in [0.5, 0.6) is 17.2 Å². The second-order valence-electron chi connectivity index (χ2n) is 5.59. The van der Waals surface area contributed by atoms with E-state index in [1.54, 1.807) is 0 Å². The van der Waals surface area contributed by atoms with Crippen molar-refractivity contribution in [2.24, 2.45) is 0 Å². The van der Waals surface area contributed by atoms with Gasteiger partial charge in [0.2, 0.25) is 5.75 Å². The quantitative estimate of drug-likeness (QED) is 0.512. The van der Waals surface area contributed by atoms with Crippen molar-refractivity contribution in [3.8, 4) is 17.2 Å². The number of halogens is 1. The molecular weight excluding hydrogens is 355 g/mol. The maximum absolute atomic E-state index is 13.5. The topological polar surface area (TPSA) is 89.7 Å². The highest BCUT2D eigenvalue weighted by Gasteiger charge is 2.22. The summed E-state index contributed by atoms with van der Waals surface area (Å²) in [6.45, 7) is 0. The number of ether oxygens (including phenoxy) is 3. The fraction of sp³-hybridized carbons (Fsp3) is 0.158. The molecule has 0 spiro atoms. The lowest BCUT2D eigenvalue weighted by Gasteiger charge is -2.14.